The average molecular weight is 499 g/mol. The molecule has 1 saturated heterocycles. The third-order valence-electron chi connectivity index (χ3n) is 4.39. The second kappa shape index (κ2) is 6.61. The first-order chi connectivity index (χ1) is 11.6. The van der Waals surface area contributed by atoms with Crippen molar-refractivity contribution in [2.45, 2.75) is 18.9 Å². The first kappa shape index (κ1) is 16.3. The molecule has 0 unspecified atom stereocenters. The fourth-order valence-corrected chi connectivity index (χ4v) is 4.14. The smallest absolute Gasteiger partial charge is 0.258 e. The van der Waals surface area contributed by atoms with Crippen molar-refractivity contribution in [2.24, 2.45) is 0 Å². The lowest BCUT2D eigenvalue weighted by atomic mass is 10.1. The fourth-order valence-electron chi connectivity index (χ4n) is 3.24. The van der Waals surface area contributed by atoms with Gasteiger partial charge in [0, 0.05) is 34.0 Å². The molecule has 0 bridgehead atoms. The Bertz CT molecular complexity index is 982. The van der Waals surface area contributed by atoms with Gasteiger partial charge in [0.25, 0.3) is 5.56 Å². The molecular formula is C17H16BrIN4O. The molecule has 0 spiro atoms. The van der Waals surface area contributed by atoms with Crippen LogP contribution < -0.4 is 16.2 Å². The van der Waals surface area contributed by atoms with Crippen molar-refractivity contribution in [3.8, 4) is 0 Å². The van der Waals surface area contributed by atoms with Gasteiger partial charge >= 0.3 is 0 Å². The van der Waals surface area contributed by atoms with Crippen LogP contribution >= 0.6 is 38.5 Å². The molecule has 1 aromatic carbocycles. The van der Waals surface area contributed by atoms with E-state index in [1.165, 1.54) is 0 Å². The van der Waals surface area contributed by atoms with Gasteiger partial charge in [-0.25, -0.2) is 4.98 Å². The number of H-pyrrole nitrogens is 1. The molecule has 3 N–H and O–H groups in total. The SMILES string of the molecule is O=c1[nH]cc(I)c2nc(N[C@H]3CCCNC3)c3ccc(Br)cc3c12. The number of hydrogen-bond acceptors (Lipinski definition) is 4. The van der Waals surface area contributed by atoms with Crippen LogP contribution in [0.15, 0.2) is 33.7 Å². The first-order valence-corrected chi connectivity index (χ1v) is 9.78. The summed E-state index contributed by atoms with van der Waals surface area (Å²) in [6.07, 6.45) is 4.00. The van der Waals surface area contributed by atoms with Gasteiger partial charge in [-0.1, -0.05) is 15.9 Å². The molecule has 7 heteroatoms. The van der Waals surface area contributed by atoms with E-state index in [4.69, 9.17) is 4.98 Å². The summed E-state index contributed by atoms with van der Waals surface area (Å²) >= 11 is 5.74. The van der Waals surface area contributed by atoms with Crippen LogP contribution in [0.5, 0.6) is 0 Å². The Kier molecular flexibility index (Phi) is 4.48. The molecule has 4 rings (SSSR count). The van der Waals surface area contributed by atoms with Gasteiger partial charge in [-0.05, 0) is 60.2 Å². The number of nitrogens with one attached hydrogen (secondary N) is 3. The summed E-state index contributed by atoms with van der Waals surface area (Å²) in [5, 5.41) is 9.53. The molecule has 0 aliphatic carbocycles. The maximum absolute atomic E-state index is 12.4. The highest BCUT2D eigenvalue weighted by molar-refractivity contribution is 14.1. The summed E-state index contributed by atoms with van der Waals surface area (Å²) in [5.74, 6) is 0.849. The van der Waals surface area contributed by atoms with E-state index in [1.54, 1.807) is 6.20 Å². The van der Waals surface area contributed by atoms with Gasteiger partial charge in [0.2, 0.25) is 0 Å². The molecule has 1 aliphatic rings. The van der Waals surface area contributed by atoms with Gasteiger partial charge in [0.15, 0.2) is 0 Å². The number of fused-ring (bicyclic) bond motifs is 3. The molecule has 3 heterocycles. The normalized spacial score (nSPS) is 18.2. The largest absolute Gasteiger partial charge is 0.366 e. The van der Waals surface area contributed by atoms with Gasteiger partial charge in [0.05, 0.1) is 14.5 Å². The minimum atomic E-state index is -0.105. The minimum Gasteiger partial charge on any atom is -0.366 e. The Balaban J connectivity index is 1.98. The number of aromatic amines is 1. The summed E-state index contributed by atoms with van der Waals surface area (Å²) in [6.45, 7) is 2.01. The number of rotatable bonds is 2. The first-order valence-electron chi connectivity index (χ1n) is 7.91. The number of nitrogens with zero attached hydrogens (tertiary/aromatic N) is 1. The lowest BCUT2D eigenvalue weighted by Gasteiger charge is -2.25. The van der Waals surface area contributed by atoms with Gasteiger partial charge in [-0.3, -0.25) is 4.79 Å². The Labute approximate surface area is 160 Å². The van der Waals surface area contributed by atoms with E-state index in [0.29, 0.717) is 11.4 Å². The molecule has 1 atom stereocenters. The number of benzene rings is 1. The van der Waals surface area contributed by atoms with Crippen molar-refractivity contribution >= 4 is 66.0 Å². The van der Waals surface area contributed by atoms with Crippen molar-refractivity contribution in [3.63, 3.8) is 0 Å². The van der Waals surface area contributed by atoms with Crippen LogP contribution in [0, 0.1) is 3.57 Å². The van der Waals surface area contributed by atoms with E-state index in [1.807, 2.05) is 18.2 Å². The molecule has 5 nitrogen and oxygen atoms in total. The third kappa shape index (κ3) is 2.93. The van der Waals surface area contributed by atoms with Crippen molar-refractivity contribution < 1.29 is 0 Å². The van der Waals surface area contributed by atoms with E-state index in [9.17, 15) is 4.79 Å². The summed E-state index contributed by atoms with van der Waals surface area (Å²) in [7, 11) is 0. The second-order valence-electron chi connectivity index (χ2n) is 6.03. The van der Waals surface area contributed by atoms with Crippen LogP contribution in [0.25, 0.3) is 21.7 Å². The molecular weight excluding hydrogens is 483 g/mol. The summed E-state index contributed by atoms with van der Waals surface area (Å²) in [6, 6.07) is 6.36. The minimum absolute atomic E-state index is 0.105. The van der Waals surface area contributed by atoms with Crippen LogP contribution in [-0.4, -0.2) is 29.1 Å². The molecule has 1 aliphatic heterocycles. The standard InChI is InChI=1S/C17H16BrIN4O/c18-9-3-4-11-12(6-9)14-15(13(19)8-21-17(14)24)23-16(11)22-10-2-1-5-20-7-10/h3-4,6,8,10,20H,1-2,5,7H2,(H,21,24)(H,22,23)/t10-/m0/s1. The highest BCUT2D eigenvalue weighted by Gasteiger charge is 2.18. The zero-order valence-electron chi connectivity index (χ0n) is 12.8. The van der Waals surface area contributed by atoms with Crippen LogP contribution in [0.4, 0.5) is 5.82 Å². The average Bonchev–Trinajstić information content (AvgIpc) is 2.59. The molecule has 0 amide bonds. The van der Waals surface area contributed by atoms with Crippen LogP contribution in [0.1, 0.15) is 12.8 Å². The highest BCUT2D eigenvalue weighted by atomic mass is 127. The molecule has 0 saturated carbocycles. The predicted molar refractivity (Wildman–Crippen MR) is 110 cm³/mol. The number of piperidine rings is 1. The maximum Gasteiger partial charge on any atom is 0.258 e. The van der Waals surface area contributed by atoms with Crippen molar-refractivity contribution in [3.05, 3.63) is 42.8 Å². The van der Waals surface area contributed by atoms with E-state index in [0.717, 1.165) is 56.1 Å². The quantitative estimate of drug-likeness (QED) is 0.373. The van der Waals surface area contributed by atoms with Crippen LogP contribution in [0.3, 0.4) is 0 Å². The third-order valence-corrected chi connectivity index (χ3v) is 5.70. The van der Waals surface area contributed by atoms with Crippen LogP contribution in [-0.2, 0) is 0 Å². The van der Waals surface area contributed by atoms with Crippen molar-refractivity contribution in [1.82, 2.24) is 15.3 Å². The van der Waals surface area contributed by atoms with Crippen molar-refractivity contribution in [2.75, 3.05) is 18.4 Å². The zero-order chi connectivity index (χ0) is 16.7. The van der Waals surface area contributed by atoms with E-state index >= 15 is 0 Å². The summed E-state index contributed by atoms with van der Waals surface area (Å²) in [4.78, 5) is 20.0. The number of halogens is 2. The summed E-state index contributed by atoms with van der Waals surface area (Å²) in [5.41, 5.74) is 0.642. The Morgan fingerprint density at radius 1 is 1.33 bits per heavy atom. The highest BCUT2D eigenvalue weighted by Crippen LogP contribution is 2.32. The van der Waals surface area contributed by atoms with Gasteiger partial charge in [-0.2, -0.15) is 0 Å². The maximum atomic E-state index is 12.4. The lowest BCUT2D eigenvalue weighted by Crippen LogP contribution is -2.38. The van der Waals surface area contributed by atoms with Gasteiger partial charge in [-0.15, -0.1) is 0 Å². The molecule has 0 radical (unpaired) electrons. The molecule has 124 valence electrons. The fraction of sp³-hybridized carbons (Fsp3) is 0.294. The molecule has 2 aromatic heterocycles. The number of hydrogen-bond donors (Lipinski definition) is 3. The predicted octanol–water partition coefficient (Wildman–Crippen LogP) is 3.61. The number of anilines is 1. The molecule has 24 heavy (non-hydrogen) atoms. The summed E-state index contributed by atoms with van der Waals surface area (Å²) < 4.78 is 1.89. The van der Waals surface area contributed by atoms with Crippen molar-refractivity contribution in [1.29, 1.82) is 0 Å². The Hall–Kier alpha value is -1.19. The monoisotopic (exact) mass is 498 g/mol. The number of aromatic nitrogens is 2. The van der Waals surface area contributed by atoms with Crippen LogP contribution in [0.2, 0.25) is 0 Å². The van der Waals surface area contributed by atoms with E-state index in [2.05, 4.69) is 54.1 Å². The molecule has 1 fully saturated rings. The Morgan fingerprint density at radius 3 is 3.00 bits per heavy atom. The Morgan fingerprint density at radius 2 is 2.21 bits per heavy atom. The second-order valence-corrected chi connectivity index (χ2v) is 8.11. The lowest BCUT2D eigenvalue weighted by molar-refractivity contribution is 0.479. The topological polar surface area (TPSA) is 69.8 Å². The van der Waals surface area contributed by atoms with Gasteiger partial charge < -0.3 is 15.6 Å². The number of pyridine rings is 2. The van der Waals surface area contributed by atoms with E-state index in [-0.39, 0.29) is 5.56 Å². The van der Waals surface area contributed by atoms with E-state index < -0.39 is 0 Å². The zero-order valence-corrected chi connectivity index (χ0v) is 16.6. The van der Waals surface area contributed by atoms with Gasteiger partial charge in [0.1, 0.15) is 5.82 Å². The molecule has 3 aromatic rings.